The smallest absolute Gasteiger partial charge is 0.262 e. The summed E-state index contributed by atoms with van der Waals surface area (Å²) in [5, 5.41) is 12.8. The van der Waals surface area contributed by atoms with Gasteiger partial charge in [-0.2, -0.15) is 0 Å². The minimum absolute atomic E-state index is 0.0396. The number of methoxy groups -OCH3 is 1. The third-order valence-electron chi connectivity index (χ3n) is 4.07. The minimum Gasteiger partial charge on any atom is -0.506 e. The van der Waals surface area contributed by atoms with Gasteiger partial charge in [0.25, 0.3) is 15.9 Å². The first-order chi connectivity index (χ1) is 14.2. The van der Waals surface area contributed by atoms with Gasteiger partial charge in [-0.05, 0) is 42.5 Å². The third kappa shape index (κ3) is 4.62. The van der Waals surface area contributed by atoms with Crippen molar-refractivity contribution in [3.63, 3.8) is 0 Å². The zero-order valence-electron chi connectivity index (χ0n) is 15.5. The van der Waals surface area contributed by atoms with Crippen molar-refractivity contribution in [3.05, 3.63) is 76.3 Å². The van der Waals surface area contributed by atoms with Crippen LogP contribution in [0.1, 0.15) is 10.4 Å². The molecular formula is C20H16Cl2N2O5S. The second kappa shape index (κ2) is 8.83. The lowest BCUT2D eigenvalue weighted by atomic mass is 10.2. The van der Waals surface area contributed by atoms with Crippen LogP contribution in [0.2, 0.25) is 10.0 Å². The van der Waals surface area contributed by atoms with E-state index in [1.165, 1.54) is 25.3 Å². The van der Waals surface area contributed by atoms with Gasteiger partial charge in [-0.3, -0.25) is 9.52 Å². The number of halogens is 2. The van der Waals surface area contributed by atoms with Crippen molar-refractivity contribution in [2.75, 3.05) is 17.1 Å². The fourth-order valence-electron chi connectivity index (χ4n) is 2.58. The zero-order valence-corrected chi connectivity index (χ0v) is 17.8. The average molecular weight is 467 g/mol. The molecule has 3 rings (SSSR count). The normalized spacial score (nSPS) is 11.0. The standard InChI is InChI=1S/C20H16Cl2N2O5S/c1-29-18-8-3-2-7-15(18)24-30(27,28)12-9-10-17(25)16(11-12)23-20(26)13-5-4-6-14(21)19(13)22/h2-11,24-25H,1H3,(H,23,26). The molecule has 0 heterocycles. The van der Waals surface area contributed by atoms with Crippen LogP contribution in [0.25, 0.3) is 0 Å². The van der Waals surface area contributed by atoms with Crippen molar-refractivity contribution in [2.24, 2.45) is 0 Å². The van der Waals surface area contributed by atoms with E-state index in [4.69, 9.17) is 27.9 Å². The van der Waals surface area contributed by atoms with Crippen LogP contribution in [0, 0.1) is 0 Å². The summed E-state index contributed by atoms with van der Waals surface area (Å²) in [7, 11) is -2.62. The van der Waals surface area contributed by atoms with Gasteiger partial charge in [0.05, 0.1) is 39.0 Å². The van der Waals surface area contributed by atoms with Crippen molar-refractivity contribution in [3.8, 4) is 11.5 Å². The van der Waals surface area contributed by atoms with Crippen LogP contribution in [-0.2, 0) is 10.0 Å². The summed E-state index contributed by atoms with van der Waals surface area (Å²) < 4.78 is 33.1. The van der Waals surface area contributed by atoms with Crippen molar-refractivity contribution in [2.45, 2.75) is 4.90 Å². The number of carbonyl (C=O) groups is 1. The number of phenolic OH excluding ortho intramolecular Hbond substituents is 1. The number of nitrogens with one attached hydrogen (secondary N) is 2. The summed E-state index contributed by atoms with van der Waals surface area (Å²) in [6.07, 6.45) is 0. The molecule has 30 heavy (non-hydrogen) atoms. The van der Waals surface area contributed by atoms with Gasteiger partial charge in [0.2, 0.25) is 0 Å². The maximum atomic E-state index is 12.8. The molecule has 0 bridgehead atoms. The molecule has 7 nitrogen and oxygen atoms in total. The molecule has 0 saturated heterocycles. The van der Waals surface area contributed by atoms with Gasteiger partial charge in [0.15, 0.2) is 0 Å². The SMILES string of the molecule is COc1ccccc1NS(=O)(=O)c1ccc(O)c(NC(=O)c2cccc(Cl)c2Cl)c1. The lowest BCUT2D eigenvalue weighted by Gasteiger charge is -2.14. The predicted octanol–water partition coefficient (Wildman–Crippen LogP) is 4.76. The van der Waals surface area contributed by atoms with Crippen LogP contribution in [0.5, 0.6) is 11.5 Å². The first kappa shape index (κ1) is 21.8. The van der Waals surface area contributed by atoms with Gasteiger partial charge in [-0.1, -0.05) is 41.4 Å². The Morgan fingerprint density at radius 1 is 1.00 bits per heavy atom. The molecule has 0 aliphatic rings. The number of para-hydroxylation sites is 2. The van der Waals surface area contributed by atoms with Crippen LogP contribution in [0.3, 0.4) is 0 Å². The van der Waals surface area contributed by atoms with Gasteiger partial charge in [-0.15, -0.1) is 0 Å². The van der Waals surface area contributed by atoms with E-state index in [9.17, 15) is 18.3 Å². The Bertz CT molecular complexity index is 1220. The maximum Gasteiger partial charge on any atom is 0.262 e. The molecule has 0 aliphatic carbocycles. The molecular weight excluding hydrogens is 451 g/mol. The largest absolute Gasteiger partial charge is 0.506 e. The number of amides is 1. The summed E-state index contributed by atoms with van der Waals surface area (Å²) in [6, 6.07) is 14.5. The van der Waals surface area contributed by atoms with Crippen LogP contribution < -0.4 is 14.8 Å². The number of hydrogen-bond acceptors (Lipinski definition) is 5. The first-order valence-corrected chi connectivity index (χ1v) is 10.7. The van der Waals surface area contributed by atoms with Crippen LogP contribution in [0.4, 0.5) is 11.4 Å². The van der Waals surface area contributed by atoms with Gasteiger partial charge in [-0.25, -0.2) is 8.42 Å². The molecule has 0 radical (unpaired) electrons. The Kier molecular flexibility index (Phi) is 6.40. The molecule has 0 saturated carbocycles. The van der Waals surface area contributed by atoms with E-state index in [1.807, 2.05) is 0 Å². The van der Waals surface area contributed by atoms with Crippen LogP contribution in [-0.4, -0.2) is 26.5 Å². The maximum absolute atomic E-state index is 12.8. The van der Waals surface area contributed by atoms with Crippen molar-refractivity contribution >= 4 is 50.5 Å². The molecule has 3 aromatic carbocycles. The summed E-state index contributed by atoms with van der Waals surface area (Å²) in [4.78, 5) is 12.3. The first-order valence-electron chi connectivity index (χ1n) is 8.47. The monoisotopic (exact) mass is 466 g/mol. The molecule has 0 fully saturated rings. The van der Waals surface area contributed by atoms with Gasteiger partial charge in [0.1, 0.15) is 11.5 Å². The number of carbonyl (C=O) groups excluding carboxylic acids is 1. The molecule has 10 heteroatoms. The second-order valence-electron chi connectivity index (χ2n) is 6.04. The molecule has 0 aliphatic heterocycles. The third-order valence-corrected chi connectivity index (χ3v) is 6.26. The topological polar surface area (TPSA) is 105 Å². The van der Waals surface area contributed by atoms with Crippen molar-refractivity contribution in [1.29, 1.82) is 0 Å². The Morgan fingerprint density at radius 2 is 1.73 bits per heavy atom. The molecule has 3 aromatic rings. The number of phenols is 1. The predicted molar refractivity (Wildman–Crippen MR) is 116 cm³/mol. The lowest BCUT2D eigenvalue weighted by molar-refractivity contribution is 0.102. The Labute approximate surface area is 183 Å². The van der Waals surface area contributed by atoms with E-state index in [-0.39, 0.29) is 37.6 Å². The number of sulfonamides is 1. The van der Waals surface area contributed by atoms with E-state index >= 15 is 0 Å². The van der Waals surface area contributed by atoms with E-state index in [0.717, 1.165) is 12.1 Å². The highest BCUT2D eigenvalue weighted by Crippen LogP contribution is 2.31. The quantitative estimate of drug-likeness (QED) is 0.454. The zero-order chi connectivity index (χ0) is 21.9. The van der Waals surface area contributed by atoms with E-state index < -0.39 is 15.9 Å². The highest BCUT2D eigenvalue weighted by Gasteiger charge is 2.20. The van der Waals surface area contributed by atoms with E-state index in [1.54, 1.807) is 30.3 Å². The number of rotatable bonds is 6. The highest BCUT2D eigenvalue weighted by atomic mass is 35.5. The summed E-state index contributed by atoms with van der Waals surface area (Å²) in [5.41, 5.74) is 0.201. The molecule has 1 amide bonds. The van der Waals surface area contributed by atoms with Gasteiger partial charge in [0, 0.05) is 0 Å². The number of ether oxygens (including phenoxy) is 1. The van der Waals surface area contributed by atoms with Crippen LogP contribution >= 0.6 is 23.2 Å². The highest BCUT2D eigenvalue weighted by molar-refractivity contribution is 7.92. The minimum atomic E-state index is -4.04. The fraction of sp³-hybridized carbons (Fsp3) is 0.0500. The Balaban J connectivity index is 1.91. The Morgan fingerprint density at radius 3 is 2.47 bits per heavy atom. The van der Waals surface area contributed by atoms with Gasteiger partial charge >= 0.3 is 0 Å². The lowest BCUT2D eigenvalue weighted by Crippen LogP contribution is -2.16. The molecule has 3 N–H and O–H groups in total. The molecule has 0 aromatic heterocycles. The fourth-order valence-corrected chi connectivity index (χ4v) is 4.07. The number of hydrogen-bond donors (Lipinski definition) is 3. The van der Waals surface area contributed by atoms with Gasteiger partial charge < -0.3 is 15.2 Å². The number of anilines is 2. The number of benzene rings is 3. The second-order valence-corrected chi connectivity index (χ2v) is 8.51. The molecule has 0 unspecified atom stereocenters. The molecule has 0 spiro atoms. The summed E-state index contributed by atoms with van der Waals surface area (Å²) in [6.45, 7) is 0. The molecule has 156 valence electrons. The number of aromatic hydroxyl groups is 1. The van der Waals surface area contributed by atoms with E-state index in [0.29, 0.717) is 5.75 Å². The Hall–Kier alpha value is -2.94. The summed E-state index contributed by atoms with van der Waals surface area (Å²) >= 11 is 12.0. The summed E-state index contributed by atoms with van der Waals surface area (Å²) in [5.74, 6) is -0.647. The van der Waals surface area contributed by atoms with E-state index in [2.05, 4.69) is 10.0 Å². The van der Waals surface area contributed by atoms with Crippen LogP contribution in [0.15, 0.2) is 65.6 Å². The molecule has 0 atom stereocenters. The van der Waals surface area contributed by atoms with Crippen molar-refractivity contribution < 1.29 is 23.1 Å². The average Bonchev–Trinajstić information content (AvgIpc) is 2.71. The van der Waals surface area contributed by atoms with Crippen molar-refractivity contribution in [1.82, 2.24) is 0 Å².